The summed E-state index contributed by atoms with van der Waals surface area (Å²) < 4.78 is 5.32. The van der Waals surface area contributed by atoms with E-state index < -0.39 is 0 Å². The molecule has 0 amide bonds. The minimum absolute atomic E-state index is 0.577. The molecular formula is C11H18N2O. The maximum absolute atomic E-state index is 5.80. The molecule has 78 valence electrons. The second-order valence-corrected chi connectivity index (χ2v) is 4.83. The van der Waals surface area contributed by atoms with Crippen LogP contribution in [0.5, 0.6) is 0 Å². The highest BCUT2D eigenvalue weighted by Gasteiger charge is 2.39. The minimum atomic E-state index is 0.577. The molecule has 1 aromatic rings. The summed E-state index contributed by atoms with van der Waals surface area (Å²) in [5.74, 6) is 3.56. The van der Waals surface area contributed by atoms with Gasteiger partial charge in [-0.25, -0.2) is 0 Å². The first kappa shape index (κ1) is 9.56. The first-order valence-corrected chi connectivity index (χ1v) is 5.33. The second-order valence-electron chi connectivity index (χ2n) is 4.83. The van der Waals surface area contributed by atoms with Crippen molar-refractivity contribution in [2.75, 3.05) is 5.73 Å². The van der Waals surface area contributed by atoms with Gasteiger partial charge in [0.05, 0.1) is 0 Å². The summed E-state index contributed by atoms with van der Waals surface area (Å²) in [6, 6.07) is 0. The fraction of sp³-hybridized carbons (Fsp3) is 0.727. The zero-order valence-corrected chi connectivity index (χ0v) is 9.08. The van der Waals surface area contributed by atoms with Gasteiger partial charge in [-0.3, -0.25) is 0 Å². The van der Waals surface area contributed by atoms with E-state index in [0.717, 1.165) is 23.7 Å². The predicted molar refractivity (Wildman–Crippen MR) is 56.0 cm³/mol. The lowest BCUT2D eigenvalue weighted by atomic mass is 10.0. The normalized spacial score (nSPS) is 25.7. The largest absolute Gasteiger partial charge is 0.381 e. The monoisotopic (exact) mass is 194 g/mol. The molecule has 1 fully saturated rings. The van der Waals surface area contributed by atoms with Crippen LogP contribution in [0, 0.1) is 11.8 Å². The van der Waals surface area contributed by atoms with Gasteiger partial charge in [-0.05, 0) is 24.7 Å². The molecule has 1 aromatic heterocycles. The van der Waals surface area contributed by atoms with Crippen LogP contribution in [-0.4, -0.2) is 5.16 Å². The van der Waals surface area contributed by atoms with Crippen LogP contribution in [0.1, 0.15) is 44.4 Å². The average Bonchev–Trinajstić information content (AvgIpc) is 2.70. The zero-order valence-electron chi connectivity index (χ0n) is 9.08. The van der Waals surface area contributed by atoms with Crippen LogP contribution in [0.2, 0.25) is 0 Å². The quantitative estimate of drug-likeness (QED) is 0.804. The van der Waals surface area contributed by atoms with Gasteiger partial charge in [0.15, 0.2) is 5.82 Å². The highest BCUT2D eigenvalue weighted by molar-refractivity contribution is 5.43. The lowest BCUT2D eigenvalue weighted by Crippen LogP contribution is -2.00. The fourth-order valence-corrected chi connectivity index (χ4v) is 1.93. The first-order valence-electron chi connectivity index (χ1n) is 5.33. The Morgan fingerprint density at radius 3 is 2.71 bits per heavy atom. The van der Waals surface area contributed by atoms with E-state index in [1.807, 2.05) is 0 Å². The Morgan fingerprint density at radius 1 is 1.57 bits per heavy atom. The number of nitrogens with zero attached hydrogens (tertiary/aromatic N) is 1. The maximum Gasteiger partial charge on any atom is 0.170 e. The Morgan fingerprint density at radius 2 is 2.21 bits per heavy atom. The van der Waals surface area contributed by atoms with Crippen molar-refractivity contribution in [2.24, 2.45) is 11.8 Å². The molecule has 3 nitrogen and oxygen atoms in total. The third kappa shape index (κ3) is 1.63. The maximum atomic E-state index is 5.80. The van der Waals surface area contributed by atoms with E-state index in [1.165, 1.54) is 6.42 Å². The molecule has 0 saturated heterocycles. The van der Waals surface area contributed by atoms with Crippen molar-refractivity contribution in [1.29, 1.82) is 0 Å². The summed E-state index contributed by atoms with van der Waals surface area (Å²) in [5, 5.41) is 3.87. The second kappa shape index (κ2) is 3.30. The molecule has 1 aliphatic carbocycles. The Labute approximate surface area is 84.7 Å². The molecule has 1 aliphatic rings. The number of hydrogen-bond donors (Lipinski definition) is 1. The van der Waals surface area contributed by atoms with Crippen molar-refractivity contribution in [3.05, 3.63) is 11.3 Å². The van der Waals surface area contributed by atoms with Gasteiger partial charge < -0.3 is 10.3 Å². The number of hydrogen-bond acceptors (Lipinski definition) is 3. The molecule has 0 aliphatic heterocycles. The molecular weight excluding hydrogens is 176 g/mol. The summed E-state index contributed by atoms with van der Waals surface area (Å²) in [6.07, 6.45) is 2.20. The van der Waals surface area contributed by atoms with Gasteiger partial charge in [-0.1, -0.05) is 25.9 Å². The predicted octanol–water partition coefficient (Wildman–Crippen LogP) is 2.58. The highest BCUT2D eigenvalue weighted by atomic mass is 16.5. The molecule has 2 N–H and O–H groups in total. The third-order valence-corrected chi connectivity index (χ3v) is 2.91. The Hall–Kier alpha value is -0.990. The summed E-state index contributed by atoms with van der Waals surface area (Å²) in [7, 11) is 0. The van der Waals surface area contributed by atoms with E-state index in [9.17, 15) is 0 Å². The van der Waals surface area contributed by atoms with Gasteiger partial charge in [0, 0.05) is 11.5 Å². The molecule has 3 heteroatoms. The van der Waals surface area contributed by atoms with E-state index in [2.05, 4.69) is 25.9 Å². The number of nitrogen functional groups attached to an aromatic ring is 1. The lowest BCUT2D eigenvalue weighted by Gasteiger charge is -2.04. The number of aromatic nitrogens is 1. The van der Waals surface area contributed by atoms with Crippen LogP contribution in [0.3, 0.4) is 0 Å². The van der Waals surface area contributed by atoms with Crippen LogP contribution in [-0.2, 0) is 6.42 Å². The Kier molecular flexibility index (Phi) is 2.25. The number of anilines is 1. The van der Waals surface area contributed by atoms with Crippen LogP contribution in [0.4, 0.5) is 5.82 Å². The van der Waals surface area contributed by atoms with Gasteiger partial charge in [-0.2, -0.15) is 0 Å². The molecule has 2 atom stereocenters. The average molecular weight is 194 g/mol. The van der Waals surface area contributed by atoms with Gasteiger partial charge in [0.2, 0.25) is 0 Å². The summed E-state index contributed by atoms with van der Waals surface area (Å²) in [4.78, 5) is 0. The molecule has 0 radical (unpaired) electrons. The van der Waals surface area contributed by atoms with Crippen LogP contribution >= 0.6 is 0 Å². The van der Waals surface area contributed by atoms with E-state index >= 15 is 0 Å². The highest BCUT2D eigenvalue weighted by Crippen LogP contribution is 2.49. The van der Waals surface area contributed by atoms with E-state index in [-0.39, 0.29) is 0 Å². The molecule has 0 bridgehead atoms. The van der Waals surface area contributed by atoms with Crippen molar-refractivity contribution in [2.45, 2.75) is 39.5 Å². The van der Waals surface area contributed by atoms with Crippen LogP contribution in [0.15, 0.2) is 4.52 Å². The van der Waals surface area contributed by atoms with Gasteiger partial charge in [-0.15, -0.1) is 0 Å². The van der Waals surface area contributed by atoms with Crippen LogP contribution in [0.25, 0.3) is 0 Å². The van der Waals surface area contributed by atoms with Crippen molar-refractivity contribution in [1.82, 2.24) is 5.16 Å². The zero-order chi connectivity index (χ0) is 10.3. The minimum Gasteiger partial charge on any atom is -0.381 e. The summed E-state index contributed by atoms with van der Waals surface area (Å²) >= 11 is 0. The molecule has 1 heterocycles. The number of nitrogens with two attached hydrogens (primary N) is 1. The van der Waals surface area contributed by atoms with Gasteiger partial charge in [0.25, 0.3) is 0 Å². The third-order valence-electron chi connectivity index (χ3n) is 2.91. The van der Waals surface area contributed by atoms with E-state index in [1.54, 1.807) is 0 Å². The molecule has 2 unspecified atom stereocenters. The smallest absolute Gasteiger partial charge is 0.170 e. The molecule has 1 saturated carbocycles. The SMILES string of the molecule is CC(C)Cc1c(N)noc1C1CC1C. The molecule has 0 spiro atoms. The van der Waals surface area contributed by atoms with Gasteiger partial charge in [0.1, 0.15) is 5.76 Å². The van der Waals surface area contributed by atoms with E-state index in [4.69, 9.17) is 10.3 Å². The molecule has 2 rings (SSSR count). The van der Waals surface area contributed by atoms with Crippen molar-refractivity contribution in [3.8, 4) is 0 Å². The Bertz CT molecular complexity index is 330. The van der Waals surface area contributed by atoms with Crippen molar-refractivity contribution >= 4 is 5.82 Å². The van der Waals surface area contributed by atoms with E-state index in [0.29, 0.717) is 17.7 Å². The molecule has 14 heavy (non-hydrogen) atoms. The summed E-state index contributed by atoms with van der Waals surface area (Å²) in [5.41, 5.74) is 6.94. The van der Waals surface area contributed by atoms with Crippen molar-refractivity contribution in [3.63, 3.8) is 0 Å². The lowest BCUT2D eigenvalue weighted by molar-refractivity contribution is 0.381. The standard InChI is InChI=1S/C11H18N2O/c1-6(2)4-9-10(8-5-7(8)3)14-13-11(9)12/h6-8H,4-5H2,1-3H3,(H2,12,13). The topological polar surface area (TPSA) is 52.0 Å². The summed E-state index contributed by atoms with van der Waals surface area (Å²) in [6.45, 7) is 6.61. The number of rotatable bonds is 3. The van der Waals surface area contributed by atoms with Gasteiger partial charge >= 0.3 is 0 Å². The Balaban J connectivity index is 2.22. The van der Waals surface area contributed by atoms with Crippen LogP contribution < -0.4 is 5.73 Å². The molecule has 0 aromatic carbocycles. The van der Waals surface area contributed by atoms with Crippen molar-refractivity contribution < 1.29 is 4.52 Å². The first-order chi connectivity index (χ1) is 6.59. The fourth-order valence-electron chi connectivity index (χ4n) is 1.93.